The number of nitrogens with zero attached hydrogens (tertiary/aromatic N) is 3. The summed E-state index contributed by atoms with van der Waals surface area (Å²) in [5.41, 5.74) is -0.545. The molecule has 0 fully saturated rings. The first-order valence-corrected chi connectivity index (χ1v) is 8.08. The van der Waals surface area contributed by atoms with Gasteiger partial charge in [-0.3, -0.25) is 0 Å². The van der Waals surface area contributed by atoms with E-state index in [2.05, 4.69) is 20.1 Å². The second-order valence-corrected chi connectivity index (χ2v) is 7.32. The van der Waals surface area contributed by atoms with Gasteiger partial charge in [-0.1, -0.05) is 0 Å². The lowest BCUT2D eigenvalue weighted by Gasteiger charge is -2.25. The molecule has 0 amide bonds. The zero-order valence-corrected chi connectivity index (χ0v) is 13.0. The highest BCUT2D eigenvalue weighted by molar-refractivity contribution is 7.88. The van der Waals surface area contributed by atoms with E-state index in [1.807, 2.05) is 32.4 Å². The lowest BCUT2D eigenvalue weighted by Crippen LogP contribution is -2.49. The van der Waals surface area contributed by atoms with Crippen LogP contribution in [0.4, 0.5) is 0 Å². The molecule has 1 aromatic heterocycles. The minimum absolute atomic E-state index is 0.251. The predicted molar refractivity (Wildman–Crippen MR) is 74.2 cm³/mol. The SMILES string of the molecule is CC(C)n1ncnc1CNCC(C)(C)NS(C)(=O)=O. The summed E-state index contributed by atoms with van der Waals surface area (Å²) in [5, 5.41) is 7.34. The fourth-order valence-corrected chi connectivity index (χ4v) is 2.93. The van der Waals surface area contributed by atoms with Crippen molar-refractivity contribution in [1.29, 1.82) is 0 Å². The minimum Gasteiger partial charge on any atom is -0.308 e. The lowest BCUT2D eigenvalue weighted by atomic mass is 10.1. The van der Waals surface area contributed by atoms with Gasteiger partial charge in [-0.2, -0.15) is 5.10 Å². The van der Waals surface area contributed by atoms with Crippen LogP contribution in [0.15, 0.2) is 6.33 Å². The monoisotopic (exact) mass is 289 g/mol. The first-order chi connectivity index (χ1) is 8.61. The van der Waals surface area contributed by atoms with Crippen LogP contribution in [0.25, 0.3) is 0 Å². The number of sulfonamides is 1. The Balaban J connectivity index is 2.52. The van der Waals surface area contributed by atoms with Crippen molar-refractivity contribution in [3.8, 4) is 0 Å². The van der Waals surface area contributed by atoms with Crippen LogP contribution in [0.2, 0.25) is 0 Å². The van der Waals surface area contributed by atoms with Crippen LogP contribution in [-0.2, 0) is 16.6 Å². The second-order valence-electron chi connectivity index (χ2n) is 5.58. The van der Waals surface area contributed by atoms with Crippen molar-refractivity contribution in [2.24, 2.45) is 0 Å². The van der Waals surface area contributed by atoms with Crippen molar-refractivity contribution in [3.05, 3.63) is 12.2 Å². The molecule has 0 spiro atoms. The van der Waals surface area contributed by atoms with Gasteiger partial charge >= 0.3 is 0 Å². The number of hydrogen-bond donors (Lipinski definition) is 2. The first kappa shape index (κ1) is 16.1. The molecule has 0 unspecified atom stereocenters. The molecular weight excluding hydrogens is 266 g/mol. The van der Waals surface area contributed by atoms with Crippen molar-refractivity contribution in [2.45, 2.75) is 45.8 Å². The third-order valence-electron chi connectivity index (χ3n) is 2.45. The van der Waals surface area contributed by atoms with Gasteiger partial charge in [0.25, 0.3) is 0 Å². The van der Waals surface area contributed by atoms with Gasteiger partial charge in [-0.25, -0.2) is 22.8 Å². The summed E-state index contributed by atoms with van der Waals surface area (Å²) in [6, 6.07) is 0.251. The Morgan fingerprint density at radius 2 is 2.05 bits per heavy atom. The Hall–Kier alpha value is -0.990. The molecule has 0 aliphatic rings. The van der Waals surface area contributed by atoms with Gasteiger partial charge in [0, 0.05) is 18.1 Å². The molecule has 0 saturated carbocycles. The quantitative estimate of drug-likeness (QED) is 0.752. The summed E-state index contributed by atoms with van der Waals surface area (Å²) in [6.45, 7) is 8.78. The maximum atomic E-state index is 11.2. The van der Waals surface area contributed by atoms with E-state index in [-0.39, 0.29) is 6.04 Å². The highest BCUT2D eigenvalue weighted by atomic mass is 32.2. The standard InChI is InChI=1S/C11H23N5O2S/c1-9(2)16-10(13-8-14-16)6-12-7-11(3,4)15-19(5,17)18/h8-9,12,15H,6-7H2,1-5H3. The van der Waals surface area contributed by atoms with Crippen LogP contribution in [0.5, 0.6) is 0 Å². The number of rotatable bonds is 7. The molecular formula is C11H23N5O2S. The zero-order valence-electron chi connectivity index (χ0n) is 12.1. The van der Waals surface area contributed by atoms with Crippen molar-refractivity contribution in [1.82, 2.24) is 24.8 Å². The third-order valence-corrected chi connectivity index (χ3v) is 3.37. The van der Waals surface area contributed by atoms with Crippen LogP contribution in [0.1, 0.15) is 39.6 Å². The summed E-state index contributed by atoms with van der Waals surface area (Å²) < 4.78 is 26.9. The number of nitrogens with one attached hydrogen (secondary N) is 2. The largest absolute Gasteiger partial charge is 0.308 e. The van der Waals surface area contributed by atoms with Gasteiger partial charge in [0.1, 0.15) is 12.2 Å². The Kier molecular flexibility index (Phi) is 5.05. The third kappa shape index (κ3) is 5.66. The van der Waals surface area contributed by atoms with Gasteiger partial charge in [-0.15, -0.1) is 0 Å². The molecule has 0 aromatic carbocycles. The molecule has 7 nitrogen and oxygen atoms in total. The van der Waals surface area contributed by atoms with Crippen molar-refractivity contribution in [3.63, 3.8) is 0 Å². The smallest absolute Gasteiger partial charge is 0.209 e. The summed E-state index contributed by atoms with van der Waals surface area (Å²) >= 11 is 0. The Bertz CT molecular complexity index is 507. The molecule has 0 atom stereocenters. The maximum absolute atomic E-state index is 11.2. The molecule has 1 aromatic rings. The van der Waals surface area contributed by atoms with E-state index in [0.29, 0.717) is 13.1 Å². The molecule has 1 rings (SSSR count). The van der Waals surface area contributed by atoms with E-state index in [1.165, 1.54) is 6.33 Å². The summed E-state index contributed by atoms with van der Waals surface area (Å²) in [6.07, 6.45) is 2.68. The average Bonchev–Trinajstić information content (AvgIpc) is 2.61. The predicted octanol–water partition coefficient (Wildman–Crippen LogP) is 0.276. The zero-order chi connectivity index (χ0) is 14.7. The van der Waals surface area contributed by atoms with E-state index in [9.17, 15) is 8.42 Å². The summed E-state index contributed by atoms with van der Waals surface area (Å²) in [4.78, 5) is 4.18. The summed E-state index contributed by atoms with van der Waals surface area (Å²) in [7, 11) is -3.21. The van der Waals surface area contributed by atoms with E-state index in [0.717, 1.165) is 12.1 Å². The van der Waals surface area contributed by atoms with E-state index < -0.39 is 15.6 Å². The molecule has 2 N–H and O–H groups in total. The molecule has 1 heterocycles. The molecule has 0 bridgehead atoms. The molecule has 0 aliphatic carbocycles. The lowest BCUT2D eigenvalue weighted by molar-refractivity contribution is 0.410. The molecule has 19 heavy (non-hydrogen) atoms. The fourth-order valence-electron chi connectivity index (χ4n) is 1.86. The van der Waals surface area contributed by atoms with Crippen molar-refractivity contribution in [2.75, 3.05) is 12.8 Å². The molecule has 0 radical (unpaired) electrons. The average molecular weight is 289 g/mol. The van der Waals surface area contributed by atoms with Crippen LogP contribution >= 0.6 is 0 Å². The van der Waals surface area contributed by atoms with E-state index in [4.69, 9.17) is 0 Å². The molecule has 0 saturated heterocycles. The van der Waals surface area contributed by atoms with Crippen LogP contribution in [0.3, 0.4) is 0 Å². The number of hydrogen-bond acceptors (Lipinski definition) is 5. The van der Waals surface area contributed by atoms with Gasteiger partial charge in [0.2, 0.25) is 10.0 Å². The Morgan fingerprint density at radius 3 is 2.58 bits per heavy atom. The van der Waals surface area contributed by atoms with Crippen LogP contribution in [0, 0.1) is 0 Å². The van der Waals surface area contributed by atoms with Gasteiger partial charge in [-0.05, 0) is 27.7 Å². The maximum Gasteiger partial charge on any atom is 0.209 e. The molecule has 8 heteroatoms. The second kappa shape index (κ2) is 5.98. The normalized spacial score (nSPS) is 13.2. The van der Waals surface area contributed by atoms with Gasteiger partial charge < -0.3 is 5.32 Å². The van der Waals surface area contributed by atoms with E-state index in [1.54, 1.807) is 0 Å². The summed E-state index contributed by atoms with van der Waals surface area (Å²) in [5.74, 6) is 0.838. The van der Waals surface area contributed by atoms with E-state index >= 15 is 0 Å². The van der Waals surface area contributed by atoms with Crippen molar-refractivity contribution < 1.29 is 8.42 Å². The minimum atomic E-state index is -3.21. The van der Waals surface area contributed by atoms with Crippen LogP contribution in [-0.4, -0.2) is 41.5 Å². The Morgan fingerprint density at radius 1 is 1.42 bits per heavy atom. The van der Waals surface area contributed by atoms with Crippen LogP contribution < -0.4 is 10.0 Å². The number of aromatic nitrogens is 3. The van der Waals surface area contributed by atoms with Crippen molar-refractivity contribution >= 4 is 10.0 Å². The molecule has 0 aliphatic heterocycles. The van der Waals surface area contributed by atoms with Gasteiger partial charge in [0.05, 0.1) is 12.8 Å². The topological polar surface area (TPSA) is 88.9 Å². The first-order valence-electron chi connectivity index (χ1n) is 6.19. The fraction of sp³-hybridized carbons (Fsp3) is 0.818. The highest BCUT2D eigenvalue weighted by Gasteiger charge is 2.21. The molecule has 110 valence electrons. The highest BCUT2D eigenvalue weighted by Crippen LogP contribution is 2.06. The van der Waals surface area contributed by atoms with Gasteiger partial charge in [0.15, 0.2) is 0 Å². The Labute approximate surface area is 114 Å².